The summed E-state index contributed by atoms with van der Waals surface area (Å²) in [6.45, 7) is 6.21. The molecule has 7 heteroatoms. The fraction of sp³-hybridized carbons (Fsp3) is 0.393. The van der Waals surface area contributed by atoms with E-state index in [9.17, 15) is 4.79 Å². The summed E-state index contributed by atoms with van der Waals surface area (Å²) in [5, 5.41) is 0. The van der Waals surface area contributed by atoms with E-state index in [2.05, 4.69) is 34.1 Å². The van der Waals surface area contributed by atoms with Crippen molar-refractivity contribution in [3.63, 3.8) is 0 Å². The van der Waals surface area contributed by atoms with Crippen LogP contribution in [0.15, 0.2) is 71.3 Å². The summed E-state index contributed by atoms with van der Waals surface area (Å²) in [4.78, 5) is 20.0. The van der Waals surface area contributed by atoms with Crippen LogP contribution in [0.2, 0.25) is 0 Å². The molecular formula is C28H33N3O4. The van der Waals surface area contributed by atoms with Gasteiger partial charge in [0.1, 0.15) is 11.5 Å². The van der Waals surface area contributed by atoms with Gasteiger partial charge in [-0.3, -0.25) is 9.69 Å². The van der Waals surface area contributed by atoms with Crippen molar-refractivity contribution >= 4 is 11.6 Å². The Balaban J connectivity index is 1.29. The second-order valence-corrected chi connectivity index (χ2v) is 9.29. The maximum Gasteiger partial charge on any atom is 0.289 e. The summed E-state index contributed by atoms with van der Waals surface area (Å²) in [5.74, 6) is 2.65. The van der Waals surface area contributed by atoms with Crippen LogP contribution in [0.1, 0.15) is 22.0 Å². The van der Waals surface area contributed by atoms with Crippen LogP contribution in [0.3, 0.4) is 0 Å². The van der Waals surface area contributed by atoms with E-state index >= 15 is 0 Å². The Morgan fingerprint density at radius 2 is 1.77 bits per heavy atom. The number of hydrogen-bond acceptors (Lipinski definition) is 6. The molecule has 35 heavy (non-hydrogen) atoms. The topological polar surface area (TPSA) is 58.4 Å². The van der Waals surface area contributed by atoms with Gasteiger partial charge in [0.25, 0.3) is 5.91 Å². The van der Waals surface area contributed by atoms with Gasteiger partial charge in [0.2, 0.25) is 0 Å². The Labute approximate surface area is 206 Å². The van der Waals surface area contributed by atoms with Crippen molar-refractivity contribution in [2.75, 3.05) is 64.9 Å². The van der Waals surface area contributed by atoms with Crippen LogP contribution >= 0.6 is 0 Å². The molecule has 2 atom stereocenters. The molecule has 7 nitrogen and oxygen atoms in total. The Morgan fingerprint density at radius 1 is 0.943 bits per heavy atom. The summed E-state index contributed by atoms with van der Waals surface area (Å²) >= 11 is 0. The van der Waals surface area contributed by atoms with Crippen molar-refractivity contribution in [2.45, 2.75) is 5.92 Å². The van der Waals surface area contributed by atoms with Crippen molar-refractivity contribution in [2.24, 2.45) is 5.92 Å². The molecule has 1 amide bonds. The minimum Gasteiger partial charge on any atom is -0.497 e. The monoisotopic (exact) mass is 475 g/mol. The van der Waals surface area contributed by atoms with Crippen LogP contribution in [0.25, 0.3) is 0 Å². The smallest absolute Gasteiger partial charge is 0.289 e. The zero-order chi connectivity index (χ0) is 24.2. The number of rotatable bonds is 7. The highest BCUT2D eigenvalue weighted by Crippen LogP contribution is 2.38. The fourth-order valence-corrected chi connectivity index (χ4v) is 5.43. The predicted octanol–water partition coefficient (Wildman–Crippen LogP) is 3.97. The second kappa shape index (κ2) is 10.4. The lowest BCUT2D eigenvalue weighted by Crippen LogP contribution is -2.48. The summed E-state index contributed by atoms with van der Waals surface area (Å²) in [6.07, 6.45) is 1.56. The van der Waals surface area contributed by atoms with Gasteiger partial charge in [0.05, 0.1) is 20.5 Å². The van der Waals surface area contributed by atoms with Gasteiger partial charge in [-0.05, 0) is 41.8 Å². The van der Waals surface area contributed by atoms with E-state index in [4.69, 9.17) is 13.9 Å². The third kappa shape index (κ3) is 5.00. The number of furan rings is 1. The first kappa shape index (κ1) is 23.3. The molecule has 0 radical (unpaired) electrons. The number of para-hydroxylation sites is 1. The predicted molar refractivity (Wildman–Crippen MR) is 135 cm³/mol. The van der Waals surface area contributed by atoms with Crippen LogP contribution in [-0.2, 0) is 0 Å². The van der Waals surface area contributed by atoms with Gasteiger partial charge < -0.3 is 23.7 Å². The second-order valence-electron chi connectivity index (χ2n) is 9.29. The van der Waals surface area contributed by atoms with Crippen molar-refractivity contribution in [1.82, 2.24) is 9.80 Å². The molecule has 0 saturated carbocycles. The van der Waals surface area contributed by atoms with Crippen LogP contribution in [0.5, 0.6) is 11.5 Å². The van der Waals surface area contributed by atoms with Crippen LogP contribution < -0.4 is 14.4 Å². The van der Waals surface area contributed by atoms with E-state index in [0.717, 1.165) is 44.2 Å². The largest absolute Gasteiger partial charge is 0.497 e. The number of piperazine rings is 1. The molecule has 2 aliphatic rings. The number of nitrogens with zero attached hydrogens (tertiary/aromatic N) is 3. The zero-order valence-corrected chi connectivity index (χ0v) is 20.4. The van der Waals surface area contributed by atoms with Crippen molar-refractivity contribution in [3.8, 4) is 11.5 Å². The number of ether oxygens (including phenoxy) is 2. The minimum absolute atomic E-state index is 0.0414. The van der Waals surface area contributed by atoms with Crippen molar-refractivity contribution < 1.29 is 18.7 Å². The lowest BCUT2D eigenvalue weighted by molar-refractivity contribution is 0.0751. The third-order valence-corrected chi connectivity index (χ3v) is 7.28. The number of benzene rings is 2. The normalized spacial score (nSPS) is 20.7. The molecule has 1 aromatic heterocycles. The molecule has 5 rings (SSSR count). The van der Waals surface area contributed by atoms with Gasteiger partial charge >= 0.3 is 0 Å². The Bertz CT molecular complexity index is 1120. The molecule has 0 bridgehead atoms. The molecule has 2 saturated heterocycles. The Kier molecular flexibility index (Phi) is 6.95. The number of carbonyl (C=O) groups excluding carboxylic acids is 1. The van der Waals surface area contributed by atoms with E-state index in [0.29, 0.717) is 24.8 Å². The Hall–Kier alpha value is -3.45. The van der Waals surface area contributed by atoms with E-state index in [1.165, 1.54) is 11.3 Å². The lowest BCUT2D eigenvalue weighted by atomic mass is 9.87. The molecule has 2 fully saturated rings. The first-order valence-electron chi connectivity index (χ1n) is 12.2. The van der Waals surface area contributed by atoms with Gasteiger partial charge in [-0.15, -0.1) is 0 Å². The van der Waals surface area contributed by atoms with E-state index in [1.54, 1.807) is 32.6 Å². The molecular weight excluding hydrogens is 442 g/mol. The molecule has 2 aromatic carbocycles. The summed E-state index contributed by atoms with van der Waals surface area (Å²) < 4.78 is 16.5. The van der Waals surface area contributed by atoms with Gasteiger partial charge in [-0.2, -0.15) is 0 Å². The summed E-state index contributed by atoms with van der Waals surface area (Å²) in [5.41, 5.74) is 2.37. The summed E-state index contributed by atoms with van der Waals surface area (Å²) in [7, 11) is 3.42. The molecule has 184 valence electrons. The number of likely N-dealkylation sites (tertiary alicyclic amines) is 1. The molecule has 3 heterocycles. The summed E-state index contributed by atoms with van der Waals surface area (Å²) in [6, 6.07) is 20.0. The molecule has 3 aromatic rings. The van der Waals surface area contributed by atoms with E-state index < -0.39 is 0 Å². The molecule has 0 aliphatic carbocycles. The average Bonchev–Trinajstić information content (AvgIpc) is 3.59. The molecule has 2 aliphatic heterocycles. The average molecular weight is 476 g/mol. The Morgan fingerprint density at radius 3 is 2.51 bits per heavy atom. The van der Waals surface area contributed by atoms with E-state index in [-0.39, 0.29) is 11.8 Å². The highest BCUT2D eigenvalue weighted by molar-refractivity contribution is 5.91. The maximum absolute atomic E-state index is 13.1. The van der Waals surface area contributed by atoms with E-state index in [1.807, 2.05) is 29.2 Å². The molecule has 0 spiro atoms. The van der Waals surface area contributed by atoms with Crippen LogP contribution in [-0.4, -0.2) is 75.7 Å². The minimum atomic E-state index is -0.0414. The number of hydrogen-bond donors (Lipinski definition) is 0. The van der Waals surface area contributed by atoms with Crippen LogP contribution in [0.4, 0.5) is 5.69 Å². The maximum atomic E-state index is 13.1. The number of anilines is 1. The first-order chi connectivity index (χ1) is 17.2. The van der Waals surface area contributed by atoms with Gasteiger partial charge in [0, 0.05) is 63.5 Å². The third-order valence-electron chi connectivity index (χ3n) is 7.28. The quantitative estimate of drug-likeness (QED) is 0.515. The SMILES string of the molecule is COc1cccc(N2CCN(CC3CN(C(=O)c4ccco4)CC3c3ccccc3OC)CC2)c1. The highest BCUT2D eigenvalue weighted by atomic mass is 16.5. The van der Waals surface area contributed by atoms with Gasteiger partial charge in [-0.1, -0.05) is 24.3 Å². The number of methoxy groups -OCH3 is 2. The fourth-order valence-electron chi connectivity index (χ4n) is 5.43. The van der Waals surface area contributed by atoms with Gasteiger partial charge in [0.15, 0.2) is 5.76 Å². The van der Waals surface area contributed by atoms with Gasteiger partial charge in [-0.25, -0.2) is 0 Å². The lowest BCUT2D eigenvalue weighted by Gasteiger charge is -2.38. The zero-order valence-electron chi connectivity index (χ0n) is 20.4. The first-order valence-corrected chi connectivity index (χ1v) is 12.2. The number of carbonyl (C=O) groups is 1. The van der Waals surface area contributed by atoms with Crippen molar-refractivity contribution in [3.05, 3.63) is 78.3 Å². The number of amides is 1. The van der Waals surface area contributed by atoms with Crippen LogP contribution in [0, 0.1) is 5.92 Å². The standard InChI is InChI=1S/C28H33N3O4/c1-33-23-8-5-7-22(17-23)30-14-12-29(13-15-30)18-21-19-31(28(32)27-11-6-16-35-27)20-25(21)24-9-3-4-10-26(24)34-2/h3-11,16-17,21,25H,12-15,18-20H2,1-2H3. The molecule has 0 N–H and O–H groups in total. The highest BCUT2D eigenvalue weighted by Gasteiger charge is 2.39. The van der Waals surface area contributed by atoms with Crippen molar-refractivity contribution in [1.29, 1.82) is 0 Å². The molecule has 2 unspecified atom stereocenters.